The molecule has 0 radical (unpaired) electrons. The molecule has 0 fully saturated rings. The van der Waals surface area contributed by atoms with Crippen LogP contribution in [0.5, 0.6) is 0 Å². The molecular weight excluding hydrogens is 308 g/mol. The minimum atomic E-state index is -4.18. The molecule has 1 rings (SSSR count). The van der Waals surface area contributed by atoms with Gasteiger partial charge in [-0.05, 0) is 12.1 Å². The fourth-order valence-corrected chi connectivity index (χ4v) is 2.99. The number of carbonyl (C=O) groups is 1. The van der Waals surface area contributed by atoms with Crippen LogP contribution in [-0.2, 0) is 14.8 Å². The largest absolute Gasteiger partial charge is 0.480 e. The van der Waals surface area contributed by atoms with E-state index in [9.17, 15) is 17.6 Å². The van der Waals surface area contributed by atoms with Gasteiger partial charge < -0.3 is 5.11 Å². The molecule has 1 aromatic carbocycles. The second-order valence-corrected chi connectivity index (χ2v) is 6.13. The maximum atomic E-state index is 13.4. The topological polar surface area (TPSA) is 74.7 Å². The molecule has 0 saturated heterocycles. The number of likely N-dealkylation sites (N-methyl/N-ethyl adjacent to an activating group) is 1. The van der Waals surface area contributed by atoms with E-state index in [0.29, 0.717) is 4.31 Å². The first-order valence-electron chi connectivity index (χ1n) is 4.49. The van der Waals surface area contributed by atoms with E-state index in [1.54, 1.807) is 0 Å². The minimum Gasteiger partial charge on any atom is -0.480 e. The first-order valence-corrected chi connectivity index (χ1v) is 6.69. The van der Waals surface area contributed by atoms with Crippen LogP contribution < -0.4 is 0 Å². The monoisotopic (exact) mass is 315 g/mol. The standard InChI is InChI=1S/C9H8Cl2FNO4S/c1-13(4-7(14)15)18(16,17)6-3-2-5(10)9(12)8(6)11/h2-3H,4H2,1H3,(H,14,15). The minimum absolute atomic E-state index is 0.320. The molecule has 0 amide bonds. The lowest BCUT2D eigenvalue weighted by Gasteiger charge is -2.16. The molecule has 100 valence electrons. The smallest absolute Gasteiger partial charge is 0.318 e. The number of carboxylic acid groups (broad SMARTS) is 1. The zero-order valence-corrected chi connectivity index (χ0v) is 11.4. The van der Waals surface area contributed by atoms with Gasteiger partial charge >= 0.3 is 5.97 Å². The van der Waals surface area contributed by atoms with Crippen molar-refractivity contribution in [3.8, 4) is 0 Å². The molecule has 0 bridgehead atoms. The molecule has 0 aliphatic heterocycles. The van der Waals surface area contributed by atoms with Crippen molar-refractivity contribution in [1.82, 2.24) is 4.31 Å². The summed E-state index contributed by atoms with van der Waals surface area (Å²) in [5.41, 5.74) is 0. The Kier molecular flexibility index (Phi) is 4.55. The van der Waals surface area contributed by atoms with Crippen LogP contribution in [0.25, 0.3) is 0 Å². The summed E-state index contributed by atoms with van der Waals surface area (Å²) in [6.45, 7) is -0.761. The third kappa shape index (κ3) is 2.92. The Morgan fingerprint density at radius 1 is 1.44 bits per heavy atom. The predicted molar refractivity (Wildman–Crippen MR) is 63.9 cm³/mol. The van der Waals surface area contributed by atoms with E-state index >= 15 is 0 Å². The molecule has 1 N–H and O–H groups in total. The second-order valence-electron chi connectivity index (χ2n) is 3.33. The number of halogens is 3. The molecule has 0 aliphatic rings. The Hall–Kier alpha value is -0.890. The number of aliphatic carboxylic acids is 1. The van der Waals surface area contributed by atoms with Gasteiger partial charge in [0.25, 0.3) is 0 Å². The van der Waals surface area contributed by atoms with E-state index in [1.165, 1.54) is 0 Å². The van der Waals surface area contributed by atoms with Gasteiger partial charge in [0.1, 0.15) is 11.4 Å². The normalized spacial score (nSPS) is 11.8. The van der Waals surface area contributed by atoms with E-state index in [-0.39, 0.29) is 5.02 Å². The summed E-state index contributed by atoms with van der Waals surface area (Å²) in [4.78, 5) is 9.93. The summed E-state index contributed by atoms with van der Waals surface area (Å²) in [5.74, 6) is -2.41. The van der Waals surface area contributed by atoms with Crippen molar-refractivity contribution in [2.45, 2.75) is 4.90 Å². The Balaban J connectivity index is 3.29. The Bertz CT molecular complexity index is 590. The molecule has 0 saturated carbocycles. The number of hydrogen-bond acceptors (Lipinski definition) is 3. The quantitative estimate of drug-likeness (QED) is 0.860. The molecule has 5 nitrogen and oxygen atoms in total. The average molecular weight is 316 g/mol. The SMILES string of the molecule is CN(CC(=O)O)S(=O)(=O)c1ccc(Cl)c(F)c1Cl. The number of rotatable bonds is 4. The highest BCUT2D eigenvalue weighted by atomic mass is 35.5. The van der Waals surface area contributed by atoms with Crippen LogP contribution in [-0.4, -0.2) is 37.4 Å². The van der Waals surface area contributed by atoms with Gasteiger partial charge in [-0.1, -0.05) is 23.2 Å². The molecule has 0 atom stereocenters. The summed E-state index contributed by atoms with van der Waals surface area (Å²) in [6.07, 6.45) is 0. The van der Waals surface area contributed by atoms with E-state index < -0.39 is 38.3 Å². The summed E-state index contributed by atoms with van der Waals surface area (Å²) in [7, 11) is -3.13. The molecule has 0 aliphatic carbocycles. The first kappa shape index (κ1) is 15.2. The highest BCUT2D eigenvalue weighted by molar-refractivity contribution is 7.89. The van der Waals surface area contributed by atoms with Gasteiger partial charge in [0.05, 0.1) is 10.0 Å². The highest BCUT2D eigenvalue weighted by Crippen LogP contribution is 2.30. The molecule has 0 spiro atoms. The zero-order chi connectivity index (χ0) is 14.1. The number of sulfonamides is 1. The van der Waals surface area contributed by atoms with Gasteiger partial charge in [0, 0.05) is 7.05 Å². The Morgan fingerprint density at radius 2 is 2.00 bits per heavy atom. The predicted octanol–water partition coefficient (Wildman–Crippen LogP) is 1.84. The van der Waals surface area contributed by atoms with Crippen LogP contribution in [0.15, 0.2) is 17.0 Å². The van der Waals surface area contributed by atoms with E-state index in [4.69, 9.17) is 28.3 Å². The highest BCUT2D eigenvalue weighted by Gasteiger charge is 2.27. The molecule has 0 unspecified atom stereocenters. The van der Waals surface area contributed by atoms with Crippen molar-refractivity contribution in [1.29, 1.82) is 0 Å². The second kappa shape index (κ2) is 5.40. The van der Waals surface area contributed by atoms with Crippen LogP contribution in [0.2, 0.25) is 10.0 Å². The van der Waals surface area contributed by atoms with Gasteiger partial charge in [-0.3, -0.25) is 4.79 Å². The van der Waals surface area contributed by atoms with Crippen molar-refractivity contribution < 1.29 is 22.7 Å². The third-order valence-corrected chi connectivity index (χ3v) is 4.67. The third-order valence-electron chi connectivity index (χ3n) is 2.05. The van der Waals surface area contributed by atoms with Gasteiger partial charge in [-0.25, -0.2) is 12.8 Å². The van der Waals surface area contributed by atoms with Crippen LogP contribution in [0, 0.1) is 5.82 Å². The van der Waals surface area contributed by atoms with Gasteiger partial charge in [-0.2, -0.15) is 4.31 Å². The van der Waals surface area contributed by atoms with Crippen LogP contribution >= 0.6 is 23.2 Å². The lowest BCUT2D eigenvalue weighted by atomic mass is 10.3. The fraction of sp³-hybridized carbons (Fsp3) is 0.222. The van der Waals surface area contributed by atoms with Crippen molar-refractivity contribution in [3.05, 3.63) is 28.0 Å². The fourth-order valence-electron chi connectivity index (χ4n) is 1.15. The number of nitrogens with zero attached hydrogens (tertiary/aromatic N) is 1. The summed E-state index contributed by atoms with van der Waals surface area (Å²) in [6, 6.07) is 2.05. The van der Waals surface area contributed by atoms with Crippen molar-refractivity contribution in [2.24, 2.45) is 0 Å². The molecule has 0 heterocycles. The van der Waals surface area contributed by atoms with E-state index in [1.807, 2.05) is 0 Å². The molecule has 1 aromatic rings. The van der Waals surface area contributed by atoms with Gasteiger partial charge in [-0.15, -0.1) is 0 Å². The molecule has 9 heteroatoms. The molecular formula is C9H8Cl2FNO4S. The Labute approximate surface area is 113 Å². The van der Waals surface area contributed by atoms with Crippen LogP contribution in [0.4, 0.5) is 4.39 Å². The summed E-state index contributed by atoms with van der Waals surface area (Å²) in [5, 5.41) is 7.54. The maximum absolute atomic E-state index is 13.4. The van der Waals surface area contributed by atoms with Crippen molar-refractivity contribution >= 4 is 39.2 Å². The zero-order valence-electron chi connectivity index (χ0n) is 9.02. The Morgan fingerprint density at radius 3 is 2.50 bits per heavy atom. The van der Waals surface area contributed by atoms with E-state index in [0.717, 1.165) is 19.2 Å². The van der Waals surface area contributed by atoms with Crippen molar-refractivity contribution in [2.75, 3.05) is 13.6 Å². The average Bonchev–Trinajstić information content (AvgIpc) is 2.24. The van der Waals surface area contributed by atoms with Crippen LogP contribution in [0.1, 0.15) is 0 Å². The van der Waals surface area contributed by atoms with E-state index in [2.05, 4.69) is 0 Å². The summed E-state index contributed by atoms with van der Waals surface area (Å²) < 4.78 is 37.8. The van der Waals surface area contributed by atoms with Crippen LogP contribution in [0.3, 0.4) is 0 Å². The lowest BCUT2D eigenvalue weighted by Crippen LogP contribution is -2.32. The number of carboxylic acids is 1. The molecule has 18 heavy (non-hydrogen) atoms. The van der Waals surface area contributed by atoms with Crippen molar-refractivity contribution in [3.63, 3.8) is 0 Å². The van der Waals surface area contributed by atoms with Gasteiger partial charge in [0.15, 0.2) is 5.82 Å². The molecule has 0 aromatic heterocycles. The lowest BCUT2D eigenvalue weighted by molar-refractivity contribution is -0.137. The number of hydrogen-bond donors (Lipinski definition) is 1. The number of benzene rings is 1. The maximum Gasteiger partial charge on any atom is 0.318 e. The first-order chi connectivity index (χ1) is 8.17. The van der Waals surface area contributed by atoms with Gasteiger partial charge in [0.2, 0.25) is 10.0 Å². The summed E-state index contributed by atoms with van der Waals surface area (Å²) >= 11 is 11.0.